The lowest BCUT2D eigenvalue weighted by Crippen LogP contribution is -2.36. The first-order valence-corrected chi connectivity index (χ1v) is 9.21. The standard InChI is InChI=1S/C16H23N3O2S/c20-16(15-10-22-11-17-15)19-8-13-6-18(7-14(13)9-19)5-12-1-3-21-4-2-12/h10-14H,1-9H2. The van der Waals surface area contributed by atoms with Gasteiger partial charge >= 0.3 is 0 Å². The molecule has 2 unspecified atom stereocenters. The van der Waals surface area contributed by atoms with Gasteiger partial charge in [0.1, 0.15) is 5.69 Å². The Balaban J connectivity index is 1.30. The second kappa shape index (κ2) is 6.26. The number of rotatable bonds is 3. The molecule has 3 aliphatic heterocycles. The molecule has 5 nitrogen and oxygen atoms in total. The fourth-order valence-corrected chi connectivity index (χ4v) is 4.71. The van der Waals surface area contributed by atoms with Crippen LogP contribution in [0.3, 0.4) is 0 Å². The van der Waals surface area contributed by atoms with Crippen LogP contribution < -0.4 is 0 Å². The summed E-state index contributed by atoms with van der Waals surface area (Å²) in [5.74, 6) is 2.23. The Hall–Kier alpha value is -0.980. The van der Waals surface area contributed by atoms with Crippen molar-refractivity contribution < 1.29 is 9.53 Å². The molecule has 3 fully saturated rings. The highest BCUT2D eigenvalue weighted by Gasteiger charge is 2.42. The van der Waals surface area contributed by atoms with Crippen LogP contribution >= 0.6 is 11.3 Å². The molecule has 0 aliphatic carbocycles. The number of carbonyl (C=O) groups excluding carboxylic acids is 1. The molecular weight excluding hydrogens is 298 g/mol. The molecule has 1 aromatic rings. The quantitative estimate of drug-likeness (QED) is 0.848. The maximum Gasteiger partial charge on any atom is 0.273 e. The van der Waals surface area contributed by atoms with Gasteiger partial charge in [-0.2, -0.15) is 0 Å². The molecule has 1 amide bonds. The van der Waals surface area contributed by atoms with Crippen molar-refractivity contribution in [3.05, 3.63) is 16.6 Å². The van der Waals surface area contributed by atoms with E-state index in [1.807, 2.05) is 10.3 Å². The van der Waals surface area contributed by atoms with Crippen LogP contribution in [0.4, 0.5) is 0 Å². The summed E-state index contributed by atoms with van der Waals surface area (Å²) in [7, 11) is 0. The first-order chi connectivity index (χ1) is 10.8. The second-order valence-corrected chi connectivity index (χ2v) is 7.60. The molecule has 0 radical (unpaired) electrons. The maximum atomic E-state index is 12.4. The van der Waals surface area contributed by atoms with E-state index in [4.69, 9.17) is 4.74 Å². The van der Waals surface area contributed by atoms with E-state index >= 15 is 0 Å². The number of amides is 1. The van der Waals surface area contributed by atoms with Gasteiger partial charge in [0.25, 0.3) is 5.91 Å². The minimum atomic E-state index is 0.117. The first kappa shape index (κ1) is 14.6. The van der Waals surface area contributed by atoms with Crippen molar-refractivity contribution in [2.24, 2.45) is 17.8 Å². The third-order valence-corrected chi connectivity index (χ3v) is 5.94. The highest BCUT2D eigenvalue weighted by Crippen LogP contribution is 2.33. The van der Waals surface area contributed by atoms with Crippen LogP contribution in [-0.4, -0.2) is 66.6 Å². The van der Waals surface area contributed by atoms with Crippen LogP contribution in [0.15, 0.2) is 10.9 Å². The Bertz CT molecular complexity index is 501. The fraction of sp³-hybridized carbons (Fsp3) is 0.750. The molecule has 3 aliphatic rings. The van der Waals surface area contributed by atoms with Crippen molar-refractivity contribution in [3.8, 4) is 0 Å². The second-order valence-electron chi connectivity index (χ2n) is 6.88. The summed E-state index contributed by atoms with van der Waals surface area (Å²) in [5, 5.41) is 1.86. The number of hydrogen-bond acceptors (Lipinski definition) is 5. The normalized spacial score (nSPS) is 29.9. The number of hydrogen-bond donors (Lipinski definition) is 0. The van der Waals surface area contributed by atoms with Gasteiger partial charge in [-0.05, 0) is 30.6 Å². The van der Waals surface area contributed by atoms with E-state index in [0.29, 0.717) is 17.5 Å². The molecule has 3 saturated heterocycles. The van der Waals surface area contributed by atoms with Crippen molar-refractivity contribution in [1.82, 2.24) is 14.8 Å². The highest BCUT2D eigenvalue weighted by molar-refractivity contribution is 7.07. The van der Waals surface area contributed by atoms with Crippen molar-refractivity contribution in [1.29, 1.82) is 0 Å². The van der Waals surface area contributed by atoms with Crippen LogP contribution in [0.25, 0.3) is 0 Å². The van der Waals surface area contributed by atoms with Gasteiger partial charge in [0.15, 0.2) is 0 Å². The Labute approximate surface area is 135 Å². The van der Waals surface area contributed by atoms with Gasteiger partial charge in [-0.1, -0.05) is 0 Å². The third-order valence-electron chi connectivity index (χ3n) is 5.36. The summed E-state index contributed by atoms with van der Waals surface area (Å²) < 4.78 is 5.45. The average Bonchev–Trinajstić information content (AvgIpc) is 3.23. The fourth-order valence-electron chi connectivity index (χ4n) is 4.18. The molecule has 0 bridgehead atoms. The number of fused-ring (bicyclic) bond motifs is 1. The summed E-state index contributed by atoms with van der Waals surface area (Å²) in [6.07, 6.45) is 2.42. The summed E-state index contributed by atoms with van der Waals surface area (Å²) in [5.41, 5.74) is 2.35. The number of thiazole rings is 1. The van der Waals surface area contributed by atoms with Crippen molar-refractivity contribution in [3.63, 3.8) is 0 Å². The lowest BCUT2D eigenvalue weighted by atomic mass is 10.00. The molecule has 6 heteroatoms. The Morgan fingerprint density at radius 3 is 2.59 bits per heavy atom. The van der Waals surface area contributed by atoms with Gasteiger partial charge in [0, 0.05) is 51.3 Å². The van der Waals surface area contributed by atoms with E-state index in [9.17, 15) is 4.79 Å². The van der Waals surface area contributed by atoms with Gasteiger partial charge in [-0.25, -0.2) is 4.98 Å². The molecular formula is C16H23N3O2S. The Kier molecular flexibility index (Phi) is 4.15. The van der Waals surface area contributed by atoms with Crippen molar-refractivity contribution in [2.75, 3.05) is 45.9 Å². The summed E-state index contributed by atoms with van der Waals surface area (Å²) in [4.78, 5) is 21.2. The average molecular weight is 321 g/mol. The van der Waals surface area contributed by atoms with Crippen LogP contribution in [0, 0.1) is 17.8 Å². The molecule has 120 valence electrons. The molecule has 2 atom stereocenters. The van der Waals surface area contributed by atoms with Gasteiger partial charge in [0.05, 0.1) is 5.51 Å². The monoisotopic (exact) mass is 321 g/mol. The van der Waals surface area contributed by atoms with Gasteiger partial charge in [-0.3, -0.25) is 4.79 Å². The lowest BCUT2D eigenvalue weighted by Gasteiger charge is -2.28. The topological polar surface area (TPSA) is 45.7 Å². The largest absolute Gasteiger partial charge is 0.381 e. The number of nitrogens with zero attached hydrogens (tertiary/aromatic N) is 3. The number of carbonyl (C=O) groups is 1. The summed E-state index contributed by atoms with van der Waals surface area (Å²) in [6, 6.07) is 0. The minimum Gasteiger partial charge on any atom is -0.381 e. The van der Waals surface area contributed by atoms with Crippen LogP contribution in [0.5, 0.6) is 0 Å². The van der Waals surface area contributed by atoms with Gasteiger partial charge in [-0.15, -0.1) is 11.3 Å². The SMILES string of the molecule is O=C(c1cscn1)N1CC2CN(CC3CCOCC3)CC2C1. The van der Waals surface area contributed by atoms with Gasteiger partial charge in [0.2, 0.25) is 0 Å². The van der Waals surface area contributed by atoms with E-state index in [0.717, 1.165) is 45.3 Å². The maximum absolute atomic E-state index is 12.4. The molecule has 0 N–H and O–H groups in total. The molecule has 0 spiro atoms. The minimum absolute atomic E-state index is 0.117. The Morgan fingerprint density at radius 1 is 1.23 bits per heavy atom. The molecule has 4 heterocycles. The van der Waals surface area contributed by atoms with Gasteiger partial charge < -0.3 is 14.5 Å². The van der Waals surface area contributed by atoms with Crippen LogP contribution in [-0.2, 0) is 4.74 Å². The summed E-state index contributed by atoms with van der Waals surface area (Å²) >= 11 is 1.49. The molecule has 22 heavy (non-hydrogen) atoms. The van der Waals surface area contributed by atoms with E-state index in [-0.39, 0.29) is 5.91 Å². The van der Waals surface area contributed by atoms with E-state index in [1.54, 1.807) is 5.51 Å². The lowest BCUT2D eigenvalue weighted by molar-refractivity contribution is 0.0536. The third kappa shape index (κ3) is 2.92. The van der Waals surface area contributed by atoms with E-state index in [2.05, 4.69) is 9.88 Å². The predicted molar refractivity (Wildman–Crippen MR) is 85.0 cm³/mol. The smallest absolute Gasteiger partial charge is 0.273 e. The number of likely N-dealkylation sites (tertiary alicyclic amines) is 2. The van der Waals surface area contributed by atoms with E-state index < -0.39 is 0 Å². The number of ether oxygens (including phenoxy) is 1. The zero-order valence-corrected chi connectivity index (χ0v) is 13.6. The molecule has 0 saturated carbocycles. The molecule has 4 rings (SSSR count). The zero-order valence-electron chi connectivity index (χ0n) is 12.8. The Morgan fingerprint density at radius 2 is 1.95 bits per heavy atom. The highest BCUT2D eigenvalue weighted by atomic mass is 32.1. The van der Waals surface area contributed by atoms with Crippen molar-refractivity contribution >= 4 is 17.2 Å². The van der Waals surface area contributed by atoms with Crippen LogP contribution in [0.2, 0.25) is 0 Å². The van der Waals surface area contributed by atoms with Crippen LogP contribution in [0.1, 0.15) is 23.3 Å². The first-order valence-electron chi connectivity index (χ1n) is 8.27. The summed E-state index contributed by atoms with van der Waals surface area (Å²) in [6.45, 7) is 7.21. The zero-order chi connectivity index (χ0) is 14.9. The predicted octanol–water partition coefficient (Wildman–Crippen LogP) is 1.57. The van der Waals surface area contributed by atoms with E-state index in [1.165, 1.54) is 30.7 Å². The van der Waals surface area contributed by atoms with Crippen molar-refractivity contribution in [2.45, 2.75) is 12.8 Å². The number of aromatic nitrogens is 1. The molecule has 1 aromatic heterocycles. The molecule has 0 aromatic carbocycles.